The molecule has 2 aromatic carbocycles. The van der Waals surface area contributed by atoms with Crippen LogP contribution in [0.5, 0.6) is 0 Å². The summed E-state index contributed by atoms with van der Waals surface area (Å²) in [6.07, 6.45) is 0.962. The topological polar surface area (TPSA) is 61.4 Å². The Morgan fingerprint density at radius 3 is 2.67 bits per heavy atom. The summed E-state index contributed by atoms with van der Waals surface area (Å²) < 4.78 is 0. The molecule has 5 heteroatoms. The van der Waals surface area contributed by atoms with Crippen molar-refractivity contribution >= 4 is 17.5 Å². The first-order valence-corrected chi connectivity index (χ1v) is 9.51. The second kappa shape index (κ2) is 8.82. The average Bonchev–Trinajstić information content (AvgIpc) is 2.69. The van der Waals surface area contributed by atoms with Crippen LogP contribution in [-0.2, 0) is 16.1 Å². The lowest BCUT2D eigenvalue weighted by Gasteiger charge is -2.38. The van der Waals surface area contributed by atoms with Gasteiger partial charge in [0, 0.05) is 25.7 Å². The van der Waals surface area contributed by atoms with Gasteiger partial charge in [-0.05, 0) is 36.2 Å². The van der Waals surface area contributed by atoms with Crippen LogP contribution in [0.25, 0.3) is 0 Å². The molecule has 1 saturated heterocycles. The molecule has 0 radical (unpaired) electrons. The molecule has 0 aliphatic carbocycles. The van der Waals surface area contributed by atoms with E-state index in [4.69, 9.17) is 0 Å². The predicted octanol–water partition coefficient (Wildman–Crippen LogP) is 3.34. The number of likely N-dealkylation sites (tertiary alicyclic amines) is 1. The lowest BCUT2D eigenvalue weighted by atomic mass is 9.84. The van der Waals surface area contributed by atoms with E-state index >= 15 is 0 Å². The minimum Gasteiger partial charge on any atom is -0.338 e. The summed E-state index contributed by atoms with van der Waals surface area (Å²) in [6.45, 7) is 3.74. The van der Waals surface area contributed by atoms with Gasteiger partial charge in [0.15, 0.2) is 0 Å². The SMILES string of the molecule is CCNCc1cccc(NC(=O)C2CCC(=O)N(C)C2c2ccccc2)c1. The maximum absolute atomic E-state index is 13.1. The summed E-state index contributed by atoms with van der Waals surface area (Å²) in [5.74, 6) is -0.225. The second-order valence-electron chi connectivity index (χ2n) is 6.98. The van der Waals surface area contributed by atoms with Gasteiger partial charge in [-0.25, -0.2) is 0 Å². The van der Waals surface area contributed by atoms with Crippen LogP contribution in [0.15, 0.2) is 54.6 Å². The van der Waals surface area contributed by atoms with E-state index < -0.39 is 0 Å². The van der Waals surface area contributed by atoms with E-state index in [1.807, 2.05) is 54.6 Å². The largest absolute Gasteiger partial charge is 0.338 e. The van der Waals surface area contributed by atoms with Gasteiger partial charge in [0.25, 0.3) is 0 Å². The molecule has 2 amide bonds. The van der Waals surface area contributed by atoms with Crippen LogP contribution in [0.3, 0.4) is 0 Å². The lowest BCUT2D eigenvalue weighted by molar-refractivity contribution is -0.140. The van der Waals surface area contributed by atoms with E-state index in [-0.39, 0.29) is 23.8 Å². The van der Waals surface area contributed by atoms with Crippen LogP contribution >= 0.6 is 0 Å². The first-order valence-electron chi connectivity index (χ1n) is 9.51. The molecule has 2 atom stereocenters. The summed E-state index contributed by atoms with van der Waals surface area (Å²) in [5, 5.41) is 6.35. The predicted molar refractivity (Wildman–Crippen MR) is 107 cm³/mol. The normalized spacial score (nSPS) is 19.8. The molecule has 27 heavy (non-hydrogen) atoms. The Labute approximate surface area is 160 Å². The maximum atomic E-state index is 13.1. The summed E-state index contributed by atoms with van der Waals surface area (Å²) >= 11 is 0. The number of hydrogen-bond donors (Lipinski definition) is 2. The van der Waals surface area contributed by atoms with Crippen molar-refractivity contribution < 1.29 is 9.59 Å². The van der Waals surface area contributed by atoms with Gasteiger partial charge < -0.3 is 15.5 Å². The molecule has 2 N–H and O–H groups in total. The smallest absolute Gasteiger partial charge is 0.229 e. The highest BCUT2D eigenvalue weighted by molar-refractivity contribution is 5.94. The maximum Gasteiger partial charge on any atom is 0.229 e. The standard InChI is InChI=1S/C22H27N3O2/c1-3-23-15-16-8-7-11-18(14-16)24-22(27)19-12-13-20(26)25(2)21(19)17-9-5-4-6-10-17/h4-11,14,19,21,23H,3,12-13,15H2,1-2H3,(H,24,27). The number of rotatable bonds is 6. The molecule has 1 aliphatic heterocycles. The molecular formula is C22H27N3O2. The molecular weight excluding hydrogens is 338 g/mol. The minimum absolute atomic E-state index is 0.0381. The second-order valence-corrected chi connectivity index (χ2v) is 6.98. The van der Waals surface area contributed by atoms with Gasteiger partial charge in [-0.2, -0.15) is 0 Å². The Kier molecular flexibility index (Phi) is 6.24. The molecule has 1 fully saturated rings. The summed E-state index contributed by atoms with van der Waals surface area (Å²) in [5.41, 5.74) is 2.92. The molecule has 1 aliphatic rings. The average molecular weight is 365 g/mol. The van der Waals surface area contributed by atoms with Crippen LogP contribution in [0.4, 0.5) is 5.69 Å². The number of hydrogen-bond acceptors (Lipinski definition) is 3. The quantitative estimate of drug-likeness (QED) is 0.825. The van der Waals surface area contributed by atoms with Crippen LogP contribution < -0.4 is 10.6 Å². The number of amides is 2. The van der Waals surface area contributed by atoms with Crippen LogP contribution in [0, 0.1) is 5.92 Å². The van der Waals surface area contributed by atoms with Gasteiger partial charge in [-0.1, -0.05) is 49.4 Å². The number of nitrogens with one attached hydrogen (secondary N) is 2. The van der Waals surface area contributed by atoms with Gasteiger partial charge in [0.2, 0.25) is 11.8 Å². The van der Waals surface area contributed by atoms with Crippen LogP contribution in [0.1, 0.15) is 36.9 Å². The zero-order chi connectivity index (χ0) is 19.2. The van der Waals surface area contributed by atoms with Crippen molar-refractivity contribution in [1.29, 1.82) is 0 Å². The molecule has 2 unspecified atom stereocenters. The molecule has 3 rings (SSSR count). The van der Waals surface area contributed by atoms with E-state index in [2.05, 4.69) is 17.6 Å². The van der Waals surface area contributed by atoms with Crippen LogP contribution in [-0.4, -0.2) is 30.3 Å². The Morgan fingerprint density at radius 1 is 1.15 bits per heavy atom. The van der Waals surface area contributed by atoms with Gasteiger partial charge >= 0.3 is 0 Å². The molecule has 0 saturated carbocycles. The van der Waals surface area contributed by atoms with E-state index in [1.165, 1.54) is 0 Å². The third-order valence-electron chi connectivity index (χ3n) is 5.11. The number of carbonyl (C=O) groups excluding carboxylic acids is 2. The van der Waals surface area contributed by atoms with Gasteiger partial charge in [0.05, 0.1) is 12.0 Å². The van der Waals surface area contributed by atoms with Gasteiger partial charge in [-0.3, -0.25) is 9.59 Å². The van der Waals surface area contributed by atoms with Crippen molar-refractivity contribution in [2.45, 2.75) is 32.4 Å². The fraction of sp³-hybridized carbons (Fsp3) is 0.364. The third kappa shape index (κ3) is 4.55. The zero-order valence-corrected chi connectivity index (χ0v) is 15.9. The van der Waals surface area contributed by atoms with Crippen molar-refractivity contribution in [2.75, 3.05) is 18.9 Å². The Bertz CT molecular complexity index is 791. The van der Waals surface area contributed by atoms with Crippen molar-refractivity contribution in [3.63, 3.8) is 0 Å². The molecule has 0 spiro atoms. The first-order chi connectivity index (χ1) is 13.1. The third-order valence-corrected chi connectivity index (χ3v) is 5.11. The summed E-state index contributed by atoms with van der Waals surface area (Å²) in [4.78, 5) is 27.0. The van der Waals surface area contributed by atoms with Crippen molar-refractivity contribution in [2.24, 2.45) is 5.92 Å². The van der Waals surface area contributed by atoms with Gasteiger partial charge in [-0.15, -0.1) is 0 Å². The molecule has 0 bridgehead atoms. The number of piperidine rings is 1. The fourth-order valence-corrected chi connectivity index (χ4v) is 3.68. The summed E-state index contributed by atoms with van der Waals surface area (Å²) in [7, 11) is 1.79. The van der Waals surface area contributed by atoms with E-state index in [0.29, 0.717) is 12.8 Å². The van der Waals surface area contributed by atoms with E-state index in [1.54, 1.807) is 11.9 Å². The Morgan fingerprint density at radius 2 is 1.93 bits per heavy atom. The van der Waals surface area contributed by atoms with E-state index in [0.717, 1.165) is 29.9 Å². The molecule has 5 nitrogen and oxygen atoms in total. The Balaban J connectivity index is 1.79. The monoisotopic (exact) mass is 365 g/mol. The highest BCUT2D eigenvalue weighted by Crippen LogP contribution is 2.36. The number of benzene rings is 2. The molecule has 1 heterocycles. The lowest BCUT2D eigenvalue weighted by Crippen LogP contribution is -2.44. The van der Waals surface area contributed by atoms with Crippen molar-refractivity contribution in [3.05, 3.63) is 65.7 Å². The zero-order valence-electron chi connectivity index (χ0n) is 15.9. The number of carbonyl (C=O) groups is 2. The molecule has 2 aromatic rings. The minimum atomic E-state index is -0.271. The number of nitrogens with zero attached hydrogens (tertiary/aromatic N) is 1. The Hall–Kier alpha value is -2.66. The number of anilines is 1. The van der Waals surface area contributed by atoms with Crippen molar-refractivity contribution in [3.8, 4) is 0 Å². The highest BCUT2D eigenvalue weighted by atomic mass is 16.2. The summed E-state index contributed by atoms with van der Waals surface area (Å²) in [6, 6.07) is 17.5. The van der Waals surface area contributed by atoms with Crippen LogP contribution in [0.2, 0.25) is 0 Å². The molecule has 0 aromatic heterocycles. The highest BCUT2D eigenvalue weighted by Gasteiger charge is 2.38. The fourth-order valence-electron chi connectivity index (χ4n) is 3.68. The van der Waals surface area contributed by atoms with Crippen molar-refractivity contribution in [1.82, 2.24) is 10.2 Å². The first kappa shape index (κ1) is 19.1. The molecule has 142 valence electrons. The van der Waals surface area contributed by atoms with Gasteiger partial charge in [0.1, 0.15) is 0 Å². The van der Waals surface area contributed by atoms with E-state index in [9.17, 15) is 9.59 Å².